The van der Waals surface area contributed by atoms with Gasteiger partial charge in [-0.2, -0.15) is 11.8 Å². The number of urea groups is 1. The molecule has 0 radical (unpaired) electrons. The second-order valence-corrected chi connectivity index (χ2v) is 8.23. The van der Waals surface area contributed by atoms with Gasteiger partial charge in [-0.1, -0.05) is 12.1 Å². The van der Waals surface area contributed by atoms with Gasteiger partial charge in [-0.15, -0.1) is 0 Å². The van der Waals surface area contributed by atoms with E-state index in [1.165, 1.54) is 6.92 Å². The SMILES string of the molecule is CSCc1nc2ccccc2n1CC(=O)O[C@H](C)C(=O)NC(=O)NC(C)(C)C. The molecule has 2 aromatic rings. The summed E-state index contributed by atoms with van der Waals surface area (Å²) in [5, 5.41) is 4.78. The lowest BCUT2D eigenvalue weighted by Crippen LogP contribution is -2.50. The van der Waals surface area contributed by atoms with E-state index in [9.17, 15) is 14.4 Å². The molecule has 2 rings (SSSR count). The summed E-state index contributed by atoms with van der Waals surface area (Å²) in [7, 11) is 0. The van der Waals surface area contributed by atoms with Crippen molar-refractivity contribution in [1.82, 2.24) is 20.2 Å². The Morgan fingerprint density at radius 3 is 2.57 bits per heavy atom. The largest absolute Gasteiger partial charge is 0.451 e. The molecule has 0 saturated heterocycles. The van der Waals surface area contributed by atoms with Crippen molar-refractivity contribution >= 4 is 40.7 Å². The molecule has 8 nitrogen and oxygen atoms in total. The normalized spacial score (nSPS) is 12.5. The fourth-order valence-corrected chi connectivity index (χ4v) is 3.02. The molecule has 0 aliphatic rings. The summed E-state index contributed by atoms with van der Waals surface area (Å²) in [6.07, 6.45) is 0.855. The number of nitrogens with one attached hydrogen (secondary N) is 2. The third-order valence-corrected chi connectivity index (χ3v) is 4.24. The number of hydrogen-bond donors (Lipinski definition) is 2. The smallest absolute Gasteiger partial charge is 0.326 e. The van der Waals surface area contributed by atoms with Gasteiger partial charge in [-0.05, 0) is 46.1 Å². The lowest BCUT2D eigenvalue weighted by Gasteiger charge is -2.21. The Balaban J connectivity index is 2.02. The molecular weight excluding hydrogens is 380 g/mol. The summed E-state index contributed by atoms with van der Waals surface area (Å²) in [6.45, 7) is 6.74. The minimum absolute atomic E-state index is 0.0672. The first-order valence-corrected chi connectivity index (χ1v) is 10.3. The number of esters is 1. The molecule has 1 heterocycles. The van der Waals surface area contributed by atoms with Gasteiger partial charge in [0, 0.05) is 5.54 Å². The highest BCUT2D eigenvalue weighted by Gasteiger charge is 2.23. The number of aromatic nitrogens is 2. The fourth-order valence-electron chi connectivity index (χ4n) is 2.54. The number of carbonyl (C=O) groups is 3. The maximum Gasteiger partial charge on any atom is 0.326 e. The minimum Gasteiger partial charge on any atom is -0.451 e. The minimum atomic E-state index is -1.10. The standard InChI is InChI=1S/C19H26N4O4S/c1-12(17(25)21-18(26)22-19(2,3)4)27-16(24)10-23-14-9-7-6-8-13(14)20-15(23)11-28-5/h6-9,12H,10-11H2,1-5H3,(H2,21,22,25,26)/t12-/m1/s1. The summed E-state index contributed by atoms with van der Waals surface area (Å²) in [5.41, 5.74) is 1.13. The molecule has 9 heteroatoms. The molecular formula is C19H26N4O4S. The number of nitrogens with zero attached hydrogens (tertiary/aromatic N) is 2. The van der Waals surface area contributed by atoms with Crippen LogP contribution in [0.4, 0.5) is 4.79 Å². The van der Waals surface area contributed by atoms with Crippen LogP contribution in [0, 0.1) is 0 Å². The quantitative estimate of drug-likeness (QED) is 0.715. The van der Waals surface area contributed by atoms with Crippen LogP contribution in [0.2, 0.25) is 0 Å². The van der Waals surface area contributed by atoms with E-state index in [0.29, 0.717) is 5.75 Å². The molecule has 3 amide bonds. The summed E-state index contributed by atoms with van der Waals surface area (Å²) in [6, 6.07) is 6.88. The van der Waals surface area contributed by atoms with Crippen LogP contribution in [0.5, 0.6) is 0 Å². The zero-order chi connectivity index (χ0) is 20.9. The molecule has 0 spiro atoms. The van der Waals surface area contributed by atoms with Gasteiger partial charge in [0.15, 0.2) is 6.10 Å². The van der Waals surface area contributed by atoms with E-state index in [1.54, 1.807) is 37.1 Å². The van der Waals surface area contributed by atoms with Crippen molar-refractivity contribution < 1.29 is 19.1 Å². The number of carbonyl (C=O) groups excluding carboxylic acids is 3. The molecule has 0 saturated carbocycles. The van der Waals surface area contributed by atoms with Crippen LogP contribution in [-0.2, 0) is 26.6 Å². The number of para-hydroxylation sites is 2. The van der Waals surface area contributed by atoms with Gasteiger partial charge >= 0.3 is 12.0 Å². The summed E-state index contributed by atoms with van der Waals surface area (Å²) in [4.78, 5) is 40.8. The van der Waals surface area contributed by atoms with Crippen molar-refractivity contribution in [3.8, 4) is 0 Å². The van der Waals surface area contributed by atoms with Gasteiger partial charge in [0.1, 0.15) is 12.4 Å². The van der Waals surface area contributed by atoms with E-state index >= 15 is 0 Å². The highest BCUT2D eigenvalue weighted by Crippen LogP contribution is 2.19. The van der Waals surface area contributed by atoms with Crippen molar-refractivity contribution in [1.29, 1.82) is 0 Å². The van der Waals surface area contributed by atoms with Crippen LogP contribution >= 0.6 is 11.8 Å². The van der Waals surface area contributed by atoms with E-state index < -0.39 is 29.6 Å². The Kier molecular flexibility index (Phi) is 7.06. The Hall–Kier alpha value is -2.55. The third-order valence-electron chi connectivity index (χ3n) is 3.70. The molecule has 28 heavy (non-hydrogen) atoms. The second kappa shape index (κ2) is 9.09. The molecule has 1 atom stereocenters. The molecule has 0 aliphatic carbocycles. The van der Waals surface area contributed by atoms with Crippen LogP contribution in [0.3, 0.4) is 0 Å². The molecule has 2 N–H and O–H groups in total. The van der Waals surface area contributed by atoms with E-state index in [-0.39, 0.29) is 6.54 Å². The van der Waals surface area contributed by atoms with Crippen molar-refractivity contribution in [3.05, 3.63) is 30.1 Å². The zero-order valence-corrected chi connectivity index (χ0v) is 17.6. The molecule has 152 valence electrons. The first-order valence-electron chi connectivity index (χ1n) is 8.86. The van der Waals surface area contributed by atoms with Gasteiger partial charge in [0.05, 0.1) is 16.8 Å². The molecule has 0 aliphatic heterocycles. The third kappa shape index (κ3) is 5.98. The van der Waals surface area contributed by atoms with Crippen LogP contribution in [0.1, 0.15) is 33.5 Å². The van der Waals surface area contributed by atoms with Crippen LogP contribution in [0.25, 0.3) is 11.0 Å². The Bertz CT molecular complexity index is 872. The van der Waals surface area contributed by atoms with Crippen molar-refractivity contribution in [2.45, 2.75) is 51.6 Å². The first-order chi connectivity index (χ1) is 13.1. The maximum atomic E-state index is 12.4. The number of ether oxygens (including phenoxy) is 1. The lowest BCUT2D eigenvalue weighted by atomic mass is 10.1. The molecule has 1 aromatic carbocycles. The predicted octanol–water partition coefficient (Wildman–Crippen LogP) is 2.46. The van der Waals surface area contributed by atoms with E-state index in [0.717, 1.165) is 16.9 Å². The Morgan fingerprint density at radius 2 is 1.93 bits per heavy atom. The molecule has 0 fully saturated rings. The number of fused-ring (bicyclic) bond motifs is 1. The number of hydrogen-bond acceptors (Lipinski definition) is 6. The van der Waals surface area contributed by atoms with Crippen LogP contribution in [0.15, 0.2) is 24.3 Å². The average Bonchev–Trinajstić information content (AvgIpc) is 2.91. The highest BCUT2D eigenvalue weighted by molar-refractivity contribution is 7.97. The summed E-state index contributed by atoms with van der Waals surface area (Å²) < 4.78 is 6.99. The molecule has 0 bridgehead atoms. The van der Waals surface area contributed by atoms with Crippen LogP contribution in [-0.4, -0.2) is 45.4 Å². The monoisotopic (exact) mass is 406 g/mol. The zero-order valence-electron chi connectivity index (χ0n) is 16.7. The number of rotatable bonds is 6. The van der Waals surface area contributed by atoms with Gasteiger partial charge in [-0.25, -0.2) is 9.78 Å². The lowest BCUT2D eigenvalue weighted by molar-refractivity contribution is -0.155. The number of imide groups is 1. The number of imidazole rings is 1. The fraction of sp³-hybridized carbons (Fsp3) is 0.474. The predicted molar refractivity (Wildman–Crippen MR) is 109 cm³/mol. The van der Waals surface area contributed by atoms with E-state index in [1.807, 2.05) is 30.5 Å². The van der Waals surface area contributed by atoms with E-state index in [2.05, 4.69) is 15.6 Å². The molecule has 1 aromatic heterocycles. The molecule has 0 unspecified atom stereocenters. The van der Waals surface area contributed by atoms with Crippen LogP contribution < -0.4 is 10.6 Å². The van der Waals surface area contributed by atoms with Crippen molar-refractivity contribution in [3.63, 3.8) is 0 Å². The number of benzene rings is 1. The average molecular weight is 407 g/mol. The topological polar surface area (TPSA) is 102 Å². The van der Waals surface area contributed by atoms with Gasteiger partial charge in [0.2, 0.25) is 0 Å². The number of amides is 3. The maximum absolute atomic E-state index is 12.4. The van der Waals surface area contributed by atoms with Crippen molar-refractivity contribution in [2.75, 3.05) is 6.26 Å². The Labute approximate surface area is 168 Å². The first kappa shape index (κ1) is 21.7. The highest BCUT2D eigenvalue weighted by atomic mass is 32.2. The summed E-state index contributed by atoms with van der Waals surface area (Å²) >= 11 is 1.60. The van der Waals surface area contributed by atoms with E-state index in [4.69, 9.17) is 4.74 Å². The second-order valence-electron chi connectivity index (χ2n) is 7.36. The van der Waals surface area contributed by atoms with Gasteiger partial charge in [-0.3, -0.25) is 14.9 Å². The van der Waals surface area contributed by atoms with Gasteiger partial charge in [0.25, 0.3) is 5.91 Å². The van der Waals surface area contributed by atoms with Gasteiger partial charge < -0.3 is 14.6 Å². The summed E-state index contributed by atoms with van der Waals surface area (Å²) in [5.74, 6) is 0.136. The number of thioether (sulfide) groups is 1. The van der Waals surface area contributed by atoms with Crippen molar-refractivity contribution in [2.24, 2.45) is 0 Å². The Morgan fingerprint density at radius 1 is 1.25 bits per heavy atom.